The summed E-state index contributed by atoms with van der Waals surface area (Å²) in [4.78, 5) is 31.1. The number of methoxy groups -OCH3 is 2. The number of anilines is 1. The van der Waals surface area contributed by atoms with Crippen molar-refractivity contribution in [2.45, 2.75) is 39.4 Å². The molecule has 0 aliphatic rings. The molecule has 7 nitrogen and oxygen atoms in total. The van der Waals surface area contributed by atoms with Gasteiger partial charge in [0.25, 0.3) is 0 Å². The number of carbonyl (C=O) groups is 2. The molecule has 2 aromatic carbocycles. The van der Waals surface area contributed by atoms with Crippen LogP contribution in [0.3, 0.4) is 0 Å². The predicted molar refractivity (Wildman–Crippen MR) is 140 cm³/mol. The van der Waals surface area contributed by atoms with Crippen LogP contribution in [-0.2, 0) is 17.9 Å². The molecule has 3 rings (SSSR count). The Kier molecular flexibility index (Phi) is 9.69. The van der Waals surface area contributed by atoms with Gasteiger partial charge >= 0.3 is 6.03 Å². The smallest absolute Gasteiger partial charge is 0.322 e. The number of nitrogens with one attached hydrogen (secondary N) is 1. The van der Waals surface area contributed by atoms with Crippen molar-refractivity contribution < 1.29 is 23.5 Å². The van der Waals surface area contributed by atoms with Crippen LogP contribution >= 0.6 is 11.3 Å². The molecule has 0 spiro atoms. The Morgan fingerprint density at radius 1 is 1.03 bits per heavy atom. The van der Waals surface area contributed by atoms with Crippen LogP contribution in [0.4, 0.5) is 14.9 Å². The summed E-state index contributed by atoms with van der Waals surface area (Å²) in [5, 5.41) is 4.82. The van der Waals surface area contributed by atoms with Gasteiger partial charge in [0.05, 0.1) is 20.8 Å². The molecule has 0 bridgehead atoms. The van der Waals surface area contributed by atoms with E-state index in [9.17, 15) is 14.0 Å². The van der Waals surface area contributed by atoms with Gasteiger partial charge in [-0.3, -0.25) is 4.79 Å². The number of urea groups is 1. The van der Waals surface area contributed by atoms with Gasteiger partial charge in [-0.15, -0.1) is 11.3 Å². The van der Waals surface area contributed by atoms with E-state index in [1.807, 2.05) is 31.4 Å². The molecule has 0 saturated carbocycles. The molecular formula is C27H32FN3O4S. The lowest BCUT2D eigenvalue weighted by Gasteiger charge is -2.31. The fraction of sp³-hybridized carbons (Fsp3) is 0.333. The van der Waals surface area contributed by atoms with Gasteiger partial charge in [0.15, 0.2) is 0 Å². The van der Waals surface area contributed by atoms with E-state index < -0.39 is 6.03 Å². The van der Waals surface area contributed by atoms with Crippen LogP contribution in [-0.4, -0.2) is 48.5 Å². The summed E-state index contributed by atoms with van der Waals surface area (Å²) in [6.45, 7) is 4.47. The van der Waals surface area contributed by atoms with Crippen molar-refractivity contribution in [1.29, 1.82) is 0 Å². The minimum atomic E-state index is -0.397. The van der Waals surface area contributed by atoms with Gasteiger partial charge in [0.2, 0.25) is 5.91 Å². The first-order valence-corrected chi connectivity index (χ1v) is 12.6. The summed E-state index contributed by atoms with van der Waals surface area (Å²) in [5.74, 6) is 0.546. The molecule has 9 heteroatoms. The van der Waals surface area contributed by atoms with Crippen molar-refractivity contribution in [3.05, 3.63) is 76.2 Å². The Labute approximate surface area is 215 Å². The maximum atomic E-state index is 13.5. The normalized spacial score (nSPS) is 11.5. The molecule has 1 atom stereocenters. The molecule has 1 unspecified atom stereocenters. The summed E-state index contributed by atoms with van der Waals surface area (Å²) < 4.78 is 24.0. The van der Waals surface area contributed by atoms with Crippen LogP contribution in [0.5, 0.6) is 11.5 Å². The van der Waals surface area contributed by atoms with Crippen molar-refractivity contribution in [1.82, 2.24) is 9.80 Å². The van der Waals surface area contributed by atoms with Crippen molar-refractivity contribution in [3.63, 3.8) is 0 Å². The van der Waals surface area contributed by atoms with E-state index >= 15 is 0 Å². The molecule has 0 fully saturated rings. The largest absolute Gasteiger partial charge is 0.497 e. The Balaban J connectivity index is 1.80. The maximum Gasteiger partial charge on any atom is 0.322 e. The van der Waals surface area contributed by atoms with Gasteiger partial charge in [0.1, 0.15) is 23.9 Å². The van der Waals surface area contributed by atoms with Crippen LogP contribution in [0.15, 0.2) is 60.0 Å². The third-order valence-corrected chi connectivity index (χ3v) is 6.72. The Hall–Kier alpha value is -3.59. The number of amides is 3. The van der Waals surface area contributed by atoms with Gasteiger partial charge in [-0.05, 0) is 42.5 Å². The van der Waals surface area contributed by atoms with E-state index in [1.165, 1.54) is 31.3 Å². The second kappa shape index (κ2) is 12.9. The highest BCUT2D eigenvalue weighted by molar-refractivity contribution is 7.09. The van der Waals surface area contributed by atoms with E-state index in [2.05, 4.69) is 5.32 Å². The minimum Gasteiger partial charge on any atom is -0.497 e. The molecule has 1 N–H and O–H groups in total. The highest BCUT2D eigenvalue weighted by Crippen LogP contribution is 2.26. The van der Waals surface area contributed by atoms with Gasteiger partial charge < -0.3 is 24.6 Å². The predicted octanol–water partition coefficient (Wildman–Crippen LogP) is 5.77. The van der Waals surface area contributed by atoms with E-state index in [0.717, 1.165) is 10.4 Å². The number of thiophene rings is 1. The van der Waals surface area contributed by atoms with Crippen molar-refractivity contribution in [2.24, 2.45) is 0 Å². The van der Waals surface area contributed by atoms with Crippen molar-refractivity contribution in [3.8, 4) is 11.5 Å². The number of rotatable bonds is 11. The topological polar surface area (TPSA) is 71.1 Å². The number of nitrogens with zero attached hydrogens (tertiary/aromatic N) is 2. The molecule has 3 aromatic rings. The van der Waals surface area contributed by atoms with Gasteiger partial charge in [0, 0.05) is 41.4 Å². The third kappa shape index (κ3) is 7.45. The number of ether oxygens (including phenoxy) is 2. The summed E-state index contributed by atoms with van der Waals surface area (Å²) in [6.07, 6.45) is 0.672. The van der Waals surface area contributed by atoms with Crippen LogP contribution in [0.1, 0.15) is 30.7 Å². The lowest BCUT2D eigenvalue weighted by Crippen LogP contribution is -2.47. The SMILES string of the molecule is CCC(C)N(CC(=O)N(Cc1ccc(F)cc1)Cc1cccs1)C(=O)Nc1cc(OC)cc(OC)c1. The van der Waals surface area contributed by atoms with Crippen LogP contribution in [0, 0.1) is 5.82 Å². The van der Waals surface area contributed by atoms with Gasteiger partial charge in [-0.2, -0.15) is 0 Å². The fourth-order valence-electron chi connectivity index (χ4n) is 3.60. The van der Waals surface area contributed by atoms with E-state index in [1.54, 1.807) is 46.6 Å². The summed E-state index contributed by atoms with van der Waals surface area (Å²) in [7, 11) is 3.07. The van der Waals surface area contributed by atoms with Crippen LogP contribution in [0.25, 0.3) is 0 Å². The zero-order valence-corrected chi connectivity index (χ0v) is 21.8. The van der Waals surface area contributed by atoms with E-state index in [0.29, 0.717) is 36.7 Å². The Bertz CT molecular complexity index is 1120. The lowest BCUT2D eigenvalue weighted by molar-refractivity contribution is -0.133. The Morgan fingerprint density at radius 2 is 1.69 bits per heavy atom. The molecular weight excluding hydrogens is 481 g/mol. The average molecular weight is 514 g/mol. The van der Waals surface area contributed by atoms with Crippen LogP contribution in [0.2, 0.25) is 0 Å². The molecule has 1 heterocycles. The van der Waals surface area contributed by atoms with Crippen molar-refractivity contribution in [2.75, 3.05) is 26.1 Å². The average Bonchev–Trinajstić information content (AvgIpc) is 3.40. The standard InChI is InChI=1S/C27H32FN3O4S/c1-5-19(2)31(27(33)29-22-13-23(34-3)15-24(14-22)35-4)18-26(32)30(17-25-7-6-12-36-25)16-20-8-10-21(28)11-9-20/h6-15,19H,5,16-18H2,1-4H3,(H,29,33). The van der Waals surface area contributed by atoms with Crippen molar-refractivity contribution >= 4 is 29.0 Å². The first-order valence-electron chi connectivity index (χ1n) is 11.7. The second-order valence-corrected chi connectivity index (χ2v) is 9.40. The quantitative estimate of drug-likeness (QED) is 0.354. The van der Waals surface area contributed by atoms with Gasteiger partial charge in [-0.25, -0.2) is 9.18 Å². The zero-order chi connectivity index (χ0) is 26.1. The first-order chi connectivity index (χ1) is 17.3. The Morgan fingerprint density at radius 3 is 2.25 bits per heavy atom. The second-order valence-electron chi connectivity index (χ2n) is 8.37. The lowest BCUT2D eigenvalue weighted by atomic mass is 10.2. The monoisotopic (exact) mass is 513 g/mol. The molecule has 1 aromatic heterocycles. The maximum absolute atomic E-state index is 13.5. The van der Waals surface area contributed by atoms with Crippen LogP contribution < -0.4 is 14.8 Å². The number of halogens is 1. The minimum absolute atomic E-state index is 0.103. The number of benzene rings is 2. The first kappa shape index (κ1) is 27.0. The highest BCUT2D eigenvalue weighted by Gasteiger charge is 2.25. The molecule has 0 aliphatic heterocycles. The molecule has 0 radical (unpaired) electrons. The summed E-state index contributed by atoms with van der Waals surface area (Å²) in [5.41, 5.74) is 1.31. The van der Waals surface area contributed by atoms with Gasteiger partial charge in [-0.1, -0.05) is 25.1 Å². The number of carbonyl (C=O) groups excluding carboxylic acids is 2. The molecule has 0 aliphatic carbocycles. The number of hydrogen-bond acceptors (Lipinski definition) is 5. The molecule has 192 valence electrons. The number of hydrogen-bond donors (Lipinski definition) is 1. The molecule has 36 heavy (non-hydrogen) atoms. The fourth-order valence-corrected chi connectivity index (χ4v) is 4.32. The summed E-state index contributed by atoms with van der Waals surface area (Å²) >= 11 is 1.56. The van der Waals surface area contributed by atoms with E-state index in [-0.39, 0.29) is 24.3 Å². The highest BCUT2D eigenvalue weighted by atomic mass is 32.1. The summed E-state index contributed by atoms with van der Waals surface area (Å²) in [6, 6.07) is 14.5. The zero-order valence-electron chi connectivity index (χ0n) is 21.0. The third-order valence-electron chi connectivity index (χ3n) is 5.86. The van der Waals surface area contributed by atoms with E-state index in [4.69, 9.17) is 9.47 Å². The molecule has 0 saturated heterocycles. The molecule has 3 amide bonds.